The van der Waals surface area contributed by atoms with Crippen LogP contribution in [0.4, 0.5) is 0 Å². The lowest BCUT2D eigenvalue weighted by Gasteiger charge is -2.22. The van der Waals surface area contributed by atoms with Crippen molar-refractivity contribution in [3.05, 3.63) is 28.8 Å². The summed E-state index contributed by atoms with van der Waals surface area (Å²) >= 11 is 6.12. The summed E-state index contributed by atoms with van der Waals surface area (Å²) in [7, 11) is 2.82. The predicted molar refractivity (Wildman–Crippen MR) is 85.1 cm³/mol. The fourth-order valence-electron chi connectivity index (χ4n) is 2.08. The molecule has 22 heavy (non-hydrogen) atoms. The van der Waals surface area contributed by atoms with Gasteiger partial charge in [-0.15, -0.1) is 0 Å². The molecular formula is C16H22ClNO4. The van der Waals surface area contributed by atoms with Crippen LogP contribution in [0.5, 0.6) is 5.75 Å². The van der Waals surface area contributed by atoms with Crippen LogP contribution in [-0.2, 0) is 20.7 Å². The van der Waals surface area contributed by atoms with Gasteiger partial charge in [-0.3, -0.25) is 4.79 Å². The summed E-state index contributed by atoms with van der Waals surface area (Å²) in [6.07, 6.45) is 0.780. The maximum absolute atomic E-state index is 12.3. The van der Waals surface area contributed by atoms with E-state index >= 15 is 0 Å². The number of benzene rings is 1. The number of carbonyl (C=O) groups is 2. The Morgan fingerprint density at radius 2 is 2.00 bits per heavy atom. The Labute approximate surface area is 135 Å². The fraction of sp³-hybridized carbons (Fsp3) is 0.500. The van der Waals surface area contributed by atoms with Gasteiger partial charge in [0.05, 0.1) is 20.6 Å². The second-order valence-corrected chi connectivity index (χ2v) is 5.46. The highest BCUT2D eigenvalue weighted by Gasteiger charge is 2.27. The number of esters is 1. The van der Waals surface area contributed by atoms with Gasteiger partial charge in [-0.25, -0.2) is 4.79 Å². The van der Waals surface area contributed by atoms with Crippen molar-refractivity contribution in [2.24, 2.45) is 5.92 Å². The van der Waals surface area contributed by atoms with Crippen LogP contribution >= 0.6 is 11.6 Å². The number of nitrogens with one attached hydrogen (secondary N) is 1. The summed E-state index contributed by atoms with van der Waals surface area (Å²) in [5.41, 5.74) is 0.594. The molecule has 2 atom stereocenters. The summed E-state index contributed by atoms with van der Waals surface area (Å²) in [4.78, 5) is 24.1. The average molecular weight is 328 g/mol. The summed E-state index contributed by atoms with van der Waals surface area (Å²) in [6.45, 7) is 3.84. The highest BCUT2D eigenvalue weighted by Crippen LogP contribution is 2.26. The second kappa shape index (κ2) is 8.63. The summed E-state index contributed by atoms with van der Waals surface area (Å²) in [6, 6.07) is 4.51. The van der Waals surface area contributed by atoms with Gasteiger partial charge in [0.1, 0.15) is 11.8 Å². The van der Waals surface area contributed by atoms with Gasteiger partial charge in [0, 0.05) is 10.6 Å². The molecule has 1 N–H and O–H groups in total. The van der Waals surface area contributed by atoms with Crippen molar-refractivity contribution in [1.29, 1.82) is 0 Å². The smallest absolute Gasteiger partial charge is 0.328 e. The monoisotopic (exact) mass is 327 g/mol. The van der Waals surface area contributed by atoms with Crippen LogP contribution in [0.3, 0.4) is 0 Å². The number of amides is 1. The first-order valence-corrected chi connectivity index (χ1v) is 7.50. The molecule has 0 heterocycles. The number of halogens is 1. The maximum atomic E-state index is 12.3. The minimum absolute atomic E-state index is 0.0236. The molecule has 0 fully saturated rings. The Kier molecular flexibility index (Phi) is 7.18. The number of carbonyl (C=O) groups excluding carboxylic acids is 2. The molecule has 0 spiro atoms. The van der Waals surface area contributed by atoms with Crippen LogP contribution in [0, 0.1) is 5.92 Å². The molecule has 1 aromatic carbocycles. The summed E-state index contributed by atoms with van der Waals surface area (Å²) in [5.74, 6) is -0.235. The van der Waals surface area contributed by atoms with E-state index in [1.54, 1.807) is 18.2 Å². The van der Waals surface area contributed by atoms with Gasteiger partial charge in [-0.1, -0.05) is 37.9 Å². The molecule has 1 rings (SSSR count). The van der Waals surface area contributed by atoms with Crippen LogP contribution in [0.2, 0.25) is 5.02 Å². The number of methoxy groups -OCH3 is 2. The third kappa shape index (κ3) is 4.63. The van der Waals surface area contributed by atoms with E-state index in [2.05, 4.69) is 5.32 Å². The van der Waals surface area contributed by atoms with Crippen molar-refractivity contribution < 1.29 is 19.1 Å². The lowest BCUT2D eigenvalue weighted by Crippen LogP contribution is -2.46. The van der Waals surface area contributed by atoms with Crippen molar-refractivity contribution in [1.82, 2.24) is 5.32 Å². The van der Waals surface area contributed by atoms with Crippen molar-refractivity contribution in [2.45, 2.75) is 32.7 Å². The minimum Gasteiger partial charge on any atom is -0.496 e. The van der Waals surface area contributed by atoms with Crippen LogP contribution in [-0.4, -0.2) is 32.1 Å². The third-order valence-electron chi connectivity index (χ3n) is 3.62. The lowest BCUT2D eigenvalue weighted by atomic mass is 9.98. The quantitative estimate of drug-likeness (QED) is 0.782. The normalized spacial score (nSPS) is 13.1. The topological polar surface area (TPSA) is 64.6 Å². The van der Waals surface area contributed by atoms with Crippen LogP contribution < -0.4 is 10.1 Å². The Morgan fingerprint density at radius 1 is 1.32 bits per heavy atom. The molecule has 2 unspecified atom stereocenters. The molecule has 0 aliphatic carbocycles. The fourth-order valence-corrected chi connectivity index (χ4v) is 2.32. The Balaban J connectivity index is 2.86. The van der Waals surface area contributed by atoms with E-state index in [0.29, 0.717) is 16.3 Å². The van der Waals surface area contributed by atoms with Crippen molar-refractivity contribution >= 4 is 23.5 Å². The van der Waals surface area contributed by atoms with Gasteiger partial charge < -0.3 is 14.8 Å². The molecule has 0 aliphatic rings. The minimum atomic E-state index is -0.670. The van der Waals surface area contributed by atoms with Crippen LogP contribution in [0.15, 0.2) is 18.2 Å². The van der Waals surface area contributed by atoms with Crippen LogP contribution in [0.25, 0.3) is 0 Å². The standard InChI is InChI=1S/C16H22ClNO4/c1-5-10(2)15(16(20)22-4)18-14(19)9-11-12(17)7-6-8-13(11)21-3/h6-8,10,15H,5,9H2,1-4H3,(H,18,19). The zero-order valence-corrected chi connectivity index (χ0v) is 14.1. The van der Waals surface area contributed by atoms with Crippen molar-refractivity contribution in [2.75, 3.05) is 14.2 Å². The summed E-state index contributed by atoms with van der Waals surface area (Å²) in [5, 5.41) is 3.17. The SMILES string of the molecule is CCC(C)C(NC(=O)Cc1c(Cl)cccc1OC)C(=O)OC. The lowest BCUT2D eigenvalue weighted by molar-refractivity contribution is -0.146. The zero-order valence-electron chi connectivity index (χ0n) is 13.3. The molecule has 5 nitrogen and oxygen atoms in total. The molecule has 0 aromatic heterocycles. The Morgan fingerprint density at radius 3 is 2.55 bits per heavy atom. The van der Waals surface area contributed by atoms with Gasteiger partial charge in [0.25, 0.3) is 0 Å². The second-order valence-electron chi connectivity index (χ2n) is 5.05. The largest absolute Gasteiger partial charge is 0.496 e. The van der Waals surface area contributed by atoms with Crippen molar-refractivity contribution in [3.63, 3.8) is 0 Å². The van der Waals surface area contributed by atoms with Gasteiger partial charge >= 0.3 is 5.97 Å². The first-order valence-electron chi connectivity index (χ1n) is 7.13. The first kappa shape index (κ1) is 18.3. The number of ether oxygens (including phenoxy) is 2. The molecule has 0 radical (unpaired) electrons. The van der Waals surface area contributed by atoms with E-state index in [-0.39, 0.29) is 18.2 Å². The van der Waals surface area contributed by atoms with E-state index in [1.165, 1.54) is 14.2 Å². The molecule has 0 bridgehead atoms. The van der Waals surface area contributed by atoms with E-state index in [9.17, 15) is 9.59 Å². The maximum Gasteiger partial charge on any atom is 0.328 e. The number of hydrogen-bond acceptors (Lipinski definition) is 4. The predicted octanol–water partition coefficient (Wildman–Crippen LogP) is 2.60. The van der Waals surface area contributed by atoms with Gasteiger partial charge in [-0.05, 0) is 18.1 Å². The molecule has 0 saturated carbocycles. The van der Waals surface area contributed by atoms with Crippen LogP contribution in [0.1, 0.15) is 25.8 Å². The van der Waals surface area contributed by atoms with E-state index in [0.717, 1.165) is 6.42 Å². The molecule has 1 aromatic rings. The highest BCUT2D eigenvalue weighted by atomic mass is 35.5. The number of rotatable bonds is 7. The molecule has 0 aliphatic heterocycles. The average Bonchev–Trinajstić information content (AvgIpc) is 2.53. The van der Waals surface area contributed by atoms with E-state index < -0.39 is 12.0 Å². The first-order chi connectivity index (χ1) is 10.4. The van der Waals surface area contributed by atoms with Gasteiger partial charge in [0.2, 0.25) is 5.91 Å². The van der Waals surface area contributed by atoms with E-state index in [4.69, 9.17) is 21.1 Å². The molecule has 0 saturated heterocycles. The molecular weight excluding hydrogens is 306 g/mol. The molecule has 122 valence electrons. The molecule has 1 amide bonds. The van der Waals surface area contributed by atoms with E-state index in [1.807, 2.05) is 13.8 Å². The third-order valence-corrected chi connectivity index (χ3v) is 3.97. The zero-order chi connectivity index (χ0) is 16.7. The van der Waals surface area contributed by atoms with Gasteiger partial charge in [-0.2, -0.15) is 0 Å². The van der Waals surface area contributed by atoms with Gasteiger partial charge in [0.15, 0.2) is 0 Å². The van der Waals surface area contributed by atoms with Crippen molar-refractivity contribution in [3.8, 4) is 5.75 Å². The Hall–Kier alpha value is -1.75. The Bertz CT molecular complexity index is 533. The molecule has 6 heteroatoms. The summed E-state index contributed by atoms with van der Waals surface area (Å²) < 4.78 is 9.96. The number of hydrogen-bond donors (Lipinski definition) is 1. The highest BCUT2D eigenvalue weighted by molar-refractivity contribution is 6.31.